The fourth-order valence-corrected chi connectivity index (χ4v) is 1.44. The summed E-state index contributed by atoms with van der Waals surface area (Å²) in [6, 6.07) is 6.64. The number of benzene rings is 1. The van der Waals surface area contributed by atoms with E-state index in [9.17, 15) is 0 Å². The van der Waals surface area contributed by atoms with E-state index in [1.165, 1.54) is 16.8 Å². The Balaban J connectivity index is 2.65. The summed E-state index contributed by atoms with van der Waals surface area (Å²) < 4.78 is 0. The molecule has 0 amide bonds. The lowest BCUT2D eigenvalue weighted by Crippen LogP contribution is -2.28. The number of likely N-dealkylation sites (N-methyl/N-ethyl adjacent to an activating group) is 2. The molecule has 84 valence electrons. The fourth-order valence-electron chi connectivity index (χ4n) is 1.44. The number of rotatable bonds is 4. The molecule has 0 aliphatic carbocycles. The second-order valence-corrected chi connectivity index (χ2v) is 4.49. The van der Waals surface area contributed by atoms with Gasteiger partial charge in [-0.2, -0.15) is 0 Å². The van der Waals surface area contributed by atoms with Gasteiger partial charge in [-0.05, 0) is 51.2 Å². The molecule has 0 saturated carbocycles. The highest BCUT2D eigenvalue weighted by molar-refractivity contribution is 5.49. The van der Waals surface area contributed by atoms with Gasteiger partial charge >= 0.3 is 0 Å². The first kappa shape index (κ1) is 12.1. The Hall–Kier alpha value is -1.02. The van der Waals surface area contributed by atoms with Crippen LogP contribution in [-0.2, 0) is 0 Å². The third-order valence-electron chi connectivity index (χ3n) is 2.81. The molecule has 2 nitrogen and oxygen atoms in total. The number of anilines is 1. The number of aryl methyl sites for hydroxylation is 2. The van der Waals surface area contributed by atoms with Gasteiger partial charge in [-0.15, -0.1) is 0 Å². The molecule has 0 aliphatic rings. The normalized spacial score (nSPS) is 10.8. The molecule has 1 rings (SSSR count). The molecule has 0 bridgehead atoms. The smallest absolute Gasteiger partial charge is 0.0366 e. The van der Waals surface area contributed by atoms with Crippen LogP contribution < -0.4 is 4.90 Å². The van der Waals surface area contributed by atoms with Crippen LogP contribution in [-0.4, -0.2) is 39.1 Å². The van der Waals surface area contributed by atoms with Crippen LogP contribution in [0.1, 0.15) is 11.1 Å². The highest BCUT2D eigenvalue weighted by Gasteiger charge is 2.02. The summed E-state index contributed by atoms with van der Waals surface area (Å²) in [5.41, 5.74) is 4.03. The Labute approximate surface area is 93.5 Å². The predicted molar refractivity (Wildman–Crippen MR) is 67.7 cm³/mol. The van der Waals surface area contributed by atoms with Crippen molar-refractivity contribution in [3.63, 3.8) is 0 Å². The van der Waals surface area contributed by atoms with E-state index in [0.717, 1.165) is 13.1 Å². The maximum atomic E-state index is 2.30. The molecule has 1 aromatic carbocycles. The molecule has 0 aliphatic heterocycles. The highest BCUT2D eigenvalue weighted by atomic mass is 15.1. The Bertz CT molecular complexity index is 318. The zero-order chi connectivity index (χ0) is 11.4. The minimum absolute atomic E-state index is 1.06. The van der Waals surface area contributed by atoms with Crippen molar-refractivity contribution >= 4 is 5.69 Å². The zero-order valence-electron chi connectivity index (χ0n) is 10.5. The van der Waals surface area contributed by atoms with Crippen molar-refractivity contribution < 1.29 is 0 Å². The van der Waals surface area contributed by atoms with Gasteiger partial charge < -0.3 is 9.80 Å². The maximum absolute atomic E-state index is 2.30. The second kappa shape index (κ2) is 5.17. The van der Waals surface area contributed by atoms with Gasteiger partial charge in [0.25, 0.3) is 0 Å². The summed E-state index contributed by atoms with van der Waals surface area (Å²) >= 11 is 0. The number of hydrogen-bond donors (Lipinski definition) is 0. The van der Waals surface area contributed by atoms with Crippen LogP contribution in [0, 0.1) is 13.8 Å². The minimum atomic E-state index is 1.06. The molecule has 0 spiro atoms. The lowest BCUT2D eigenvalue weighted by atomic mass is 10.1. The Morgan fingerprint density at radius 3 is 2.13 bits per heavy atom. The van der Waals surface area contributed by atoms with E-state index in [4.69, 9.17) is 0 Å². The summed E-state index contributed by atoms with van der Waals surface area (Å²) in [6.45, 7) is 6.47. The Morgan fingerprint density at radius 1 is 0.933 bits per heavy atom. The van der Waals surface area contributed by atoms with Crippen LogP contribution in [0.5, 0.6) is 0 Å². The molecule has 0 N–H and O–H groups in total. The quantitative estimate of drug-likeness (QED) is 0.746. The van der Waals surface area contributed by atoms with Crippen molar-refractivity contribution in [1.82, 2.24) is 4.90 Å². The van der Waals surface area contributed by atoms with Crippen molar-refractivity contribution in [3.8, 4) is 0 Å². The molecule has 2 heteroatoms. The largest absolute Gasteiger partial charge is 0.373 e. The molecule has 0 fully saturated rings. The average molecular weight is 206 g/mol. The lowest BCUT2D eigenvalue weighted by Gasteiger charge is -2.22. The lowest BCUT2D eigenvalue weighted by molar-refractivity contribution is 0.416. The first-order valence-electron chi connectivity index (χ1n) is 5.44. The second-order valence-electron chi connectivity index (χ2n) is 4.49. The van der Waals surface area contributed by atoms with E-state index < -0.39 is 0 Å². The number of nitrogens with zero attached hydrogens (tertiary/aromatic N) is 2. The van der Waals surface area contributed by atoms with Gasteiger partial charge in [0.2, 0.25) is 0 Å². The van der Waals surface area contributed by atoms with Crippen molar-refractivity contribution in [3.05, 3.63) is 29.3 Å². The molecular weight excluding hydrogens is 184 g/mol. The molecule has 0 heterocycles. The summed E-state index contributed by atoms with van der Waals surface area (Å²) in [6.07, 6.45) is 0. The molecule has 0 saturated heterocycles. The monoisotopic (exact) mass is 206 g/mol. The topological polar surface area (TPSA) is 6.48 Å². The Kier molecular flexibility index (Phi) is 4.15. The number of hydrogen-bond acceptors (Lipinski definition) is 2. The van der Waals surface area contributed by atoms with Crippen LogP contribution in [0.25, 0.3) is 0 Å². The van der Waals surface area contributed by atoms with Gasteiger partial charge in [0, 0.05) is 25.8 Å². The van der Waals surface area contributed by atoms with E-state index in [-0.39, 0.29) is 0 Å². The summed E-state index contributed by atoms with van der Waals surface area (Å²) in [7, 11) is 6.36. The van der Waals surface area contributed by atoms with Gasteiger partial charge in [0.05, 0.1) is 0 Å². The summed E-state index contributed by atoms with van der Waals surface area (Å²) in [5, 5.41) is 0. The maximum Gasteiger partial charge on any atom is 0.0366 e. The van der Waals surface area contributed by atoms with Crippen molar-refractivity contribution in [1.29, 1.82) is 0 Å². The molecule has 0 radical (unpaired) electrons. The highest BCUT2D eigenvalue weighted by Crippen LogP contribution is 2.17. The van der Waals surface area contributed by atoms with Crippen LogP contribution in [0.3, 0.4) is 0 Å². The molecule has 0 unspecified atom stereocenters. The molecule has 0 aromatic heterocycles. The molecule has 0 atom stereocenters. The third-order valence-corrected chi connectivity index (χ3v) is 2.81. The van der Waals surface area contributed by atoms with Crippen molar-refractivity contribution in [2.75, 3.05) is 39.1 Å². The van der Waals surface area contributed by atoms with Crippen LogP contribution in [0.4, 0.5) is 5.69 Å². The first-order chi connectivity index (χ1) is 7.00. The van der Waals surface area contributed by atoms with Gasteiger partial charge in [-0.3, -0.25) is 0 Å². The van der Waals surface area contributed by atoms with E-state index in [2.05, 4.69) is 63.0 Å². The fraction of sp³-hybridized carbons (Fsp3) is 0.538. The predicted octanol–water partition coefficient (Wildman–Crippen LogP) is 2.30. The van der Waals surface area contributed by atoms with Crippen molar-refractivity contribution in [2.45, 2.75) is 13.8 Å². The zero-order valence-corrected chi connectivity index (χ0v) is 10.5. The summed E-state index contributed by atoms with van der Waals surface area (Å²) in [4.78, 5) is 4.50. The SMILES string of the molecule is Cc1ccc(N(C)CCN(C)C)cc1C. The summed E-state index contributed by atoms with van der Waals surface area (Å²) in [5.74, 6) is 0. The van der Waals surface area contributed by atoms with E-state index in [0.29, 0.717) is 0 Å². The minimum Gasteiger partial charge on any atom is -0.373 e. The van der Waals surface area contributed by atoms with E-state index >= 15 is 0 Å². The van der Waals surface area contributed by atoms with Crippen LogP contribution >= 0.6 is 0 Å². The average Bonchev–Trinajstić information content (AvgIpc) is 2.18. The Morgan fingerprint density at radius 2 is 1.60 bits per heavy atom. The van der Waals surface area contributed by atoms with Gasteiger partial charge in [-0.25, -0.2) is 0 Å². The molecule has 15 heavy (non-hydrogen) atoms. The molecule has 1 aromatic rings. The first-order valence-corrected chi connectivity index (χ1v) is 5.44. The van der Waals surface area contributed by atoms with E-state index in [1.54, 1.807) is 0 Å². The van der Waals surface area contributed by atoms with E-state index in [1.807, 2.05) is 0 Å². The van der Waals surface area contributed by atoms with Gasteiger partial charge in [0.1, 0.15) is 0 Å². The van der Waals surface area contributed by atoms with Crippen LogP contribution in [0.2, 0.25) is 0 Å². The molecular formula is C13H22N2. The third kappa shape index (κ3) is 3.56. The van der Waals surface area contributed by atoms with Crippen LogP contribution in [0.15, 0.2) is 18.2 Å². The van der Waals surface area contributed by atoms with Crippen molar-refractivity contribution in [2.24, 2.45) is 0 Å². The van der Waals surface area contributed by atoms with Gasteiger partial charge in [0.15, 0.2) is 0 Å². The standard InChI is InChI=1S/C13H22N2/c1-11-6-7-13(10-12(11)2)15(5)9-8-14(3)4/h6-7,10H,8-9H2,1-5H3. The van der Waals surface area contributed by atoms with Gasteiger partial charge in [-0.1, -0.05) is 6.07 Å².